The molecule has 1 aliphatic heterocycles. The molecule has 2 aliphatic rings. The molecule has 0 atom stereocenters. The molecule has 1 saturated heterocycles. The molecule has 0 spiro atoms. The van der Waals surface area contributed by atoms with Gasteiger partial charge in [0.2, 0.25) is 0 Å². The lowest BCUT2D eigenvalue weighted by Crippen LogP contribution is -2.54. The highest BCUT2D eigenvalue weighted by atomic mass is 16.2. The average Bonchev–Trinajstić information content (AvgIpc) is 2.12. The molecule has 4 nitrogen and oxygen atoms in total. The fourth-order valence-electron chi connectivity index (χ4n) is 1.67. The molecule has 1 aliphatic carbocycles. The normalized spacial score (nSPS) is 23.8. The van der Waals surface area contributed by atoms with Gasteiger partial charge in [0.15, 0.2) is 0 Å². The van der Waals surface area contributed by atoms with Gasteiger partial charge < -0.3 is 5.32 Å². The first-order chi connectivity index (χ1) is 6.36. The van der Waals surface area contributed by atoms with Gasteiger partial charge in [0.25, 0.3) is 0 Å². The van der Waals surface area contributed by atoms with E-state index in [1.165, 1.54) is 12.8 Å². The van der Waals surface area contributed by atoms with Crippen LogP contribution in [0.1, 0.15) is 32.1 Å². The predicted molar refractivity (Wildman–Crippen MR) is 50.1 cm³/mol. The van der Waals surface area contributed by atoms with E-state index in [2.05, 4.69) is 10.7 Å². The lowest BCUT2D eigenvalue weighted by Gasteiger charge is -2.32. The van der Waals surface area contributed by atoms with Crippen LogP contribution in [-0.2, 0) is 0 Å². The summed E-state index contributed by atoms with van der Waals surface area (Å²) < 4.78 is 0. The van der Waals surface area contributed by atoms with Gasteiger partial charge in [-0.2, -0.15) is 0 Å². The Morgan fingerprint density at radius 2 is 2.15 bits per heavy atom. The molecule has 0 aromatic heterocycles. The number of urea groups is 1. The largest absolute Gasteiger partial charge is 0.334 e. The Labute approximate surface area is 78.6 Å². The number of carbonyl (C=O) groups is 1. The molecule has 0 aromatic carbocycles. The van der Waals surface area contributed by atoms with Crippen LogP contribution in [-0.4, -0.2) is 30.2 Å². The maximum absolute atomic E-state index is 11.6. The van der Waals surface area contributed by atoms with Crippen molar-refractivity contribution in [2.24, 2.45) is 0 Å². The molecule has 74 valence electrons. The van der Waals surface area contributed by atoms with Crippen LogP contribution in [0.3, 0.4) is 0 Å². The van der Waals surface area contributed by atoms with Gasteiger partial charge in [-0.1, -0.05) is 0 Å². The van der Waals surface area contributed by atoms with Crippen molar-refractivity contribution in [2.45, 2.75) is 38.1 Å². The number of nitrogens with one attached hydrogen (secondary N) is 2. The van der Waals surface area contributed by atoms with Gasteiger partial charge in [-0.15, -0.1) is 0 Å². The Hall–Kier alpha value is -0.770. The van der Waals surface area contributed by atoms with Gasteiger partial charge in [-0.25, -0.2) is 10.2 Å². The summed E-state index contributed by atoms with van der Waals surface area (Å²) in [5.41, 5.74) is 3.09. The van der Waals surface area contributed by atoms with Crippen molar-refractivity contribution in [1.82, 2.24) is 15.8 Å². The first-order valence-corrected chi connectivity index (χ1v) is 5.18. The number of rotatable bonds is 1. The van der Waals surface area contributed by atoms with Crippen LogP contribution in [0, 0.1) is 0 Å². The zero-order chi connectivity index (χ0) is 9.10. The van der Waals surface area contributed by atoms with E-state index >= 15 is 0 Å². The molecular formula is C9H17N3O. The van der Waals surface area contributed by atoms with E-state index in [0.717, 1.165) is 32.4 Å². The second-order valence-electron chi connectivity index (χ2n) is 3.84. The molecule has 2 rings (SSSR count). The number of carbonyl (C=O) groups excluding carboxylic acids is 1. The maximum Gasteiger partial charge on any atom is 0.331 e. The van der Waals surface area contributed by atoms with Gasteiger partial charge in [0, 0.05) is 19.1 Å². The highest BCUT2D eigenvalue weighted by Gasteiger charge is 2.23. The monoisotopic (exact) mass is 183 g/mol. The third-order valence-corrected chi connectivity index (χ3v) is 2.79. The summed E-state index contributed by atoms with van der Waals surface area (Å²) in [7, 11) is 0. The van der Waals surface area contributed by atoms with Crippen molar-refractivity contribution in [1.29, 1.82) is 0 Å². The molecule has 1 heterocycles. The van der Waals surface area contributed by atoms with Gasteiger partial charge in [0.1, 0.15) is 0 Å². The molecule has 1 saturated carbocycles. The highest BCUT2D eigenvalue weighted by molar-refractivity contribution is 5.74. The number of hydrazine groups is 1. The standard InChI is InChI=1S/C9H17N3O/c13-9(11-8-4-3-5-8)12-7-2-1-6-10-12/h8,10H,1-7H2,(H,11,13). The summed E-state index contributed by atoms with van der Waals surface area (Å²) in [6, 6.07) is 0.501. The van der Waals surface area contributed by atoms with Crippen LogP contribution in [0.15, 0.2) is 0 Å². The Morgan fingerprint density at radius 3 is 2.69 bits per heavy atom. The SMILES string of the molecule is O=C(NC1CCC1)N1CCCCN1. The van der Waals surface area contributed by atoms with Crippen molar-refractivity contribution >= 4 is 6.03 Å². The Kier molecular flexibility index (Phi) is 2.68. The quantitative estimate of drug-likeness (QED) is 0.633. The molecule has 2 fully saturated rings. The molecule has 13 heavy (non-hydrogen) atoms. The van der Waals surface area contributed by atoms with E-state index in [1.807, 2.05) is 0 Å². The zero-order valence-electron chi connectivity index (χ0n) is 7.88. The predicted octanol–water partition coefficient (Wildman–Crippen LogP) is 0.849. The van der Waals surface area contributed by atoms with Crippen LogP contribution in [0.4, 0.5) is 4.79 Å². The minimum Gasteiger partial charge on any atom is -0.334 e. The molecule has 0 bridgehead atoms. The third kappa shape index (κ3) is 2.12. The number of amides is 2. The van der Waals surface area contributed by atoms with E-state index < -0.39 is 0 Å². The van der Waals surface area contributed by atoms with Gasteiger partial charge >= 0.3 is 6.03 Å². The van der Waals surface area contributed by atoms with Crippen LogP contribution in [0.2, 0.25) is 0 Å². The molecule has 0 aromatic rings. The summed E-state index contributed by atoms with van der Waals surface area (Å²) in [5.74, 6) is 0. The molecule has 0 unspecified atom stereocenters. The summed E-state index contributed by atoms with van der Waals surface area (Å²) in [6.07, 6.45) is 5.86. The van der Waals surface area contributed by atoms with Crippen molar-refractivity contribution in [2.75, 3.05) is 13.1 Å². The number of nitrogens with zero attached hydrogens (tertiary/aromatic N) is 1. The van der Waals surface area contributed by atoms with Crippen molar-refractivity contribution in [3.05, 3.63) is 0 Å². The zero-order valence-corrected chi connectivity index (χ0v) is 7.88. The summed E-state index contributed by atoms with van der Waals surface area (Å²) in [6.45, 7) is 1.77. The van der Waals surface area contributed by atoms with Crippen molar-refractivity contribution < 1.29 is 4.79 Å². The van der Waals surface area contributed by atoms with Crippen LogP contribution < -0.4 is 10.7 Å². The van der Waals surface area contributed by atoms with Gasteiger partial charge in [-0.05, 0) is 32.1 Å². The maximum atomic E-state index is 11.6. The molecule has 2 amide bonds. The van der Waals surface area contributed by atoms with Crippen LogP contribution in [0.5, 0.6) is 0 Å². The fraction of sp³-hybridized carbons (Fsp3) is 0.889. The first-order valence-electron chi connectivity index (χ1n) is 5.18. The molecule has 0 radical (unpaired) electrons. The lowest BCUT2D eigenvalue weighted by atomic mass is 9.93. The molecule has 2 N–H and O–H groups in total. The molecular weight excluding hydrogens is 166 g/mol. The van der Waals surface area contributed by atoms with Gasteiger partial charge in [0.05, 0.1) is 0 Å². The number of hydrogen-bond donors (Lipinski definition) is 2. The van der Waals surface area contributed by atoms with E-state index in [1.54, 1.807) is 5.01 Å². The minimum atomic E-state index is 0.0596. The van der Waals surface area contributed by atoms with Crippen LogP contribution >= 0.6 is 0 Å². The van der Waals surface area contributed by atoms with Gasteiger partial charge in [-0.3, -0.25) is 5.01 Å². The van der Waals surface area contributed by atoms with E-state index in [4.69, 9.17) is 0 Å². The Balaban J connectivity index is 1.74. The topological polar surface area (TPSA) is 44.4 Å². The summed E-state index contributed by atoms with van der Waals surface area (Å²) >= 11 is 0. The van der Waals surface area contributed by atoms with E-state index in [-0.39, 0.29) is 6.03 Å². The third-order valence-electron chi connectivity index (χ3n) is 2.79. The minimum absolute atomic E-state index is 0.0596. The van der Waals surface area contributed by atoms with Crippen LogP contribution in [0.25, 0.3) is 0 Å². The highest BCUT2D eigenvalue weighted by Crippen LogP contribution is 2.18. The van der Waals surface area contributed by atoms with E-state index in [9.17, 15) is 4.79 Å². The van der Waals surface area contributed by atoms with Crippen molar-refractivity contribution in [3.63, 3.8) is 0 Å². The Bertz CT molecular complexity index is 185. The molecule has 4 heteroatoms. The second kappa shape index (κ2) is 3.96. The lowest BCUT2D eigenvalue weighted by molar-refractivity contribution is 0.145. The fourth-order valence-corrected chi connectivity index (χ4v) is 1.67. The smallest absolute Gasteiger partial charge is 0.331 e. The number of hydrogen-bond acceptors (Lipinski definition) is 2. The second-order valence-corrected chi connectivity index (χ2v) is 3.84. The van der Waals surface area contributed by atoms with E-state index in [0.29, 0.717) is 6.04 Å². The Morgan fingerprint density at radius 1 is 1.31 bits per heavy atom. The van der Waals surface area contributed by atoms with Crippen molar-refractivity contribution in [3.8, 4) is 0 Å². The average molecular weight is 183 g/mol. The first kappa shape index (κ1) is 8.81. The summed E-state index contributed by atoms with van der Waals surface area (Å²) in [5, 5.41) is 4.72. The summed E-state index contributed by atoms with van der Waals surface area (Å²) in [4.78, 5) is 11.6.